The van der Waals surface area contributed by atoms with Crippen molar-refractivity contribution in [2.75, 3.05) is 25.5 Å². The van der Waals surface area contributed by atoms with Gasteiger partial charge in [-0.3, -0.25) is 9.78 Å². The fourth-order valence-electron chi connectivity index (χ4n) is 6.39. The molecule has 5 rings (SSSR count). The van der Waals surface area contributed by atoms with E-state index in [0.29, 0.717) is 31.6 Å². The molecule has 1 saturated carbocycles. The van der Waals surface area contributed by atoms with Crippen molar-refractivity contribution in [3.05, 3.63) is 59.4 Å². The molecule has 2 aliphatic carbocycles. The fourth-order valence-corrected chi connectivity index (χ4v) is 6.39. The minimum atomic E-state index is -4.69. The van der Waals surface area contributed by atoms with Crippen LogP contribution in [0.5, 0.6) is 0 Å². The molecule has 2 atom stereocenters. The summed E-state index contributed by atoms with van der Waals surface area (Å²) >= 11 is 0. The van der Waals surface area contributed by atoms with Gasteiger partial charge in [-0.15, -0.1) is 0 Å². The molecule has 198 valence electrons. The summed E-state index contributed by atoms with van der Waals surface area (Å²) in [5.41, 5.74) is 2.47. The first-order valence-electron chi connectivity index (χ1n) is 12.4. The summed E-state index contributed by atoms with van der Waals surface area (Å²) in [6, 6.07) is 9.04. The SMILES string of the molecule is CN(C(=O)C1CC2(C1)CN(C(=O)O)C2)[C@@H](c1ccc(N[C@H]2Cc3ccccc3C2(C)C)cn1)C(F)(F)F. The van der Waals surface area contributed by atoms with Crippen molar-refractivity contribution in [1.82, 2.24) is 14.8 Å². The molecule has 1 spiro atoms. The minimum absolute atomic E-state index is 0.0645. The van der Waals surface area contributed by atoms with Crippen LogP contribution in [-0.4, -0.2) is 64.2 Å². The lowest BCUT2D eigenvalue weighted by molar-refractivity contribution is -0.196. The molecular formula is C27H31F3N4O3. The number of amides is 2. The summed E-state index contributed by atoms with van der Waals surface area (Å²) in [5, 5.41) is 12.5. The first-order valence-corrected chi connectivity index (χ1v) is 12.4. The van der Waals surface area contributed by atoms with Gasteiger partial charge in [-0.2, -0.15) is 13.2 Å². The van der Waals surface area contributed by atoms with Crippen LogP contribution in [0, 0.1) is 11.3 Å². The molecule has 1 saturated heterocycles. The third kappa shape index (κ3) is 4.40. The van der Waals surface area contributed by atoms with E-state index >= 15 is 0 Å². The Hall–Kier alpha value is -3.30. The third-order valence-electron chi connectivity index (χ3n) is 8.49. The molecule has 0 unspecified atom stereocenters. The molecule has 10 heteroatoms. The summed E-state index contributed by atoms with van der Waals surface area (Å²) in [7, 11) is 1.17. The monoisotopic (exact) mass is 516 g/mol. The number of nitrogens with zero attached hydrogens (tertiary/aromatic N) is 3. The highest BCUT2D eigenvalue weighted by atomic mass is 19.4. The van der Waals surface area contributed by atoms with Crippen molar-refractivity contribution in [2.45, 2.75) is 56.8 Å². The second kappa shape index (κ2) is 8.63. The Kier molecular flexibility index (Phi) is 5.91. The fraction of sp³-hybridized carbons (Fsp3) is 0.519. The Bertz CT molecular complexity index is 1200. The molecular weight excluding hydrogens is 485 g/mol. The summed E-state index contributed by atoms with van der Waals surface area (Å²) in [6.45, 7) is 4.95. The van der Waals surface area contributed by atoms with E-state index in [4.69, 9.17) is 5.11 Å². The van der Waals surface area contributed by atoms with Gasteiger partial charge in [0.2, 0.25) is 5.91 Å². The number of rotatable bonds is 5. The summed E-state index contributed by atoms with van der Waals surface area (Å²) in [6.07, 6.45) is -2.70. The molecule has 2 fully saturated rings. The van der Waals surface area contributed by atoms with Gasteiger partial charge in [0.25, 0.3) is 0 Å². The molecule has 2 aromatic rings. The molecule has 0 bridgehead atoms. The molecule has 2 N–H and O–H groups in total. The van der Waals surface area contributed by atoms with Crippen molar-refractivity contribution < 1.29 is 27.9 Å². The van der Waals surface area contributed by atoms with E-state index in [0.717, 1.165) is 11.3 Å². The van der Waals surface area contributed by atoms with E-state index in [1.54, 1.807) is 6.07 Å². The number of carboxylic acid groups (broad SMARTS) is 1. The maximum Gasteiger partial charge on any atom is 0.414 e. The molecule has 1 aromatic heterocycles. The second-order valence-corrected chi connectivity index (χ2v) is 11.4. The molecule has 7 nitrogen and oxygen atoms in total. The maximum atomic E-state index is 14.1. The number of halogens is 3. The van der Waals surface area contributed by atoms with Crippen molar-refractivity contribution in [3.8, 4) is 0 Å². The van der Waals surface area contributed by atoms with E-state index in [-0.39, 0.29) is 22.6 Å². The van der Waals surface area contributed by atoms with Gasteiger partial charge in [-0.05, 0) is 42.5 Å². The Morgan fingerprint density at radius 3 is 2.41 bits per heavy atom. The van der Waals surface area contributed by atoms with Crippen LogP contribution < -0.4 is 5.32 Å². The van der Waals surface area contributed by atoms with Crippen LogP contribution in [-0.2, 0) is 16.6 Å². The Labute approximate surface area is 213 Å². The Balaban J connectivity index is 1.26. The van der Waals surface area contributed by atoms with Gasteiger partial charge in [-0.25, -0.2) is 4.79 Å². The summed E-state index contributed by atoms with van der Waals surface area (Å²) < 4.78 is 42.4. The number of carbonyl (C=O) groups excluding carboxylic acids is 1. The van der Waals surface area contributed by atoms with Crippen LogP contribution in [0.2, 0.25) is 0 Å². The standard InChI is InChI=1S/C27H31F3N4O3/c1-25(2)19-7-5-4-6-16(19)10-21(25)32-18-8-9-20(31-13-18)22(27(28,29)30)33(3)23(35)17-11-26(12-17)14-34(15-26)24(36)37/h4-9,13,17,21-22,32H,10-12,14-15H2,1-3H3,(H,36,37)/t21-,22-/m0/s1. The lowest BCUT2D eigenvalue weighted by Crippen LogP contribution is -2.65. The molecule has 3 aliphatic rings. The summed E-state index contributed by atoms with van der Waals surface area (Å²) in [5.74, 6) is -1.13. The van der Waals surface area contributed by atoms with Crippen LogP contribution in [0.4, 0.5) is 23.7 Å². The van der Waals surface area contributed by atoms with Gasteiger partial charge < -0.3 is 20.2 Å². The minimum Gasteiger partial charge on any atom is -0.465 e. The van der Waals surface area contributed by atoms with Crippen LogP contribution in [0.1, 0.15) is 49.6 Å². The Morgan fingerprint density at radius 2 is 1.84 bits per heavy atom. The van der Waals surface area contributed by atoms with E-state index in [1.807, 2.05) is 12.1 Å². The number of nitrogens with one attached hydrogen (secondary N) is 1. The van der Waals surface area contributed by atoms with Crippen molar-refractivity contribution in [3.63, 3.8) is 0 Å². The zero-order chi connectivity index (χ0) is 26.8. The quantitative estimate of drug-likeness (QED) is 0.594. The maximum absolute atomic E-state index is 14.1. The van der Waals surface area contributed by atoms with Crippen LogP contribution in [0.25, 0.3) is 0 Å². The number of anilines is 1. The molecule has 2 heterocycles. The van der Waals surface area contributed by atoms with E-state index < -0.39 is 30.1 Å². The van der Waals surface area contributed by atoms with E-state index in [9.17, 15) is 22.8 Å². The highest BCUT2D eigenvalue weighted by Gasteiger charge is 2.57. The lowest BCUT2D eigenvalue weighted by atomic mass is 9.57. The first kappa shape index (κ1) is 25.4. The van der Waals surface area contributed by atoms with Crippen molar-refractivity contribution in [1.29, 1.82) is 0 Å². The van der Waals surface area contributed by atoms with Crippen LogP contribution >= 0.6 is 0 Å². The van der Waals surface area contributed by atoms with Crippen molar-refractivity contribution >= 4 is 17.7 Å². The average molecular weight is 517 g/mol. The van der Waals surface area contributed by atoms with Crippen LogP contribution in [0.3, 0.4) is 0 Å². The zero-order valence-corrected chi connectivity index (χ0v) is 21.0. The number of likely N-dealkylation sites (tertiary alicyclic amines) is 1. The normalized spacial score (nSPS) is 22.5. The largest absolute Gasteiger partial charge is 0.465 e. The molecule has 1 aliphatic heterocycles. The summed E-state index contributed by atoms with van der Waals surface area (Å²) in [4.78, 5) is 30.1. The molecule has 1 aromatic carbocycles. The van der Waals surface area contributed by atoms with E-state index in [1.165, 1.54) is 35.3 Å². The second-order valence-electron chi connectivity index (χ2n) is 11.4. The van der Waals surface area contributed by atoms with Gasteiger partial charge in [0.05, 0.1) is 17.6 Å². The number of fused-ring (bicyclic) bond motifs is 1. The highest BCUT2D eigenvalue weighted by molar-refractivity contribution is 5.80. The predicted molar refractivity (Wildman–Crippen MR) is 131 cm³/mol. The number of alkyl halides is 3. The van der Waals surface area contributed by atoms with Gasteiger partial charge >= 0.3 is 12.3 Å². The van der Waals surface area contributed by atoms with Gasteiger partial charge in [-0.1, -0.05) is 38.1 Å². The topological polar surface area (TPSA) is 85.8 Å². The Morgan fingerprint density at radius 1 is 1.16 bits per heavy atom. The number of carbonyl (C=O) groups is 2. The molecule has 0 radical (unpaired) electrons. The first-order chi connectivity index (χ1) is 17.3. The van der Waals surface area contributed by atoms with Gasteiger partial charge in [0.15, 0.2) is 6.04 Å². The third-order valence-corrected chi connectivity index (χ3v) is 8.49. The molecule has 37 heavy (non-hydrogen) atoms. The van der Waals surface area contributed by atoms with Crippen molar-refractivity contribution in [2.24, 2.45) is 11.3 Å². The predicted octanol–water partition coefficient (Wildman–Crippen LogP) is 4.85. The van der Waals surface area contributed by atoms with Crippen LogP contribution in [0.15, 0.2) is 42.6 Å². The zero-order valence-electron chi connectivity index (χ0n) is 21.0. The molecule has 2 amide bonds. The van der Waals surface area contributed by atoms with E-state index in [2.05, 4.69) is 36.3 Å². The lowest BCUT2D eigenvalue weighted by Gasteiger charge is -2.58. The number of hydrogen-bond donors (Lipinski definition) is 2. The number of benzene rings is 1. The van der Waals surface area contributed by atoms with Gasteiger partial charge in [0.1, 0.15) is 0 Å². The number of pyridine rings is 1. The number of hydrogen-bond acceptors (Lipinski definition) is 4. The van der Waals surface area contributed by atoms with Gasteiger partial charge in [0, 0.05) is 42.9 Å². The average Bonchev–Trinajstić information content (AvgIpc) is 3.01. The smallest absolute Gasteiger partial charge is 0.414 e. The number of aromatic nitrogens is 1. The highest BCUT2D eigenvalue weighted by Crippen LogP contribution is 2.53.